The fraction of sp³-hybridized carbons (Fsp3) is 0.417. The van der Waals surface area contributed by atoms with Gasteiger partial charge in [-0.15, -0.1) is 0 Å². The van der Waals surface area contributed by atoms with Crippen LogP contribution in [-0.4, -0.2) is 26.6 Å². The van der Waals surface area contributed by atoms with Gasteiger partial charge >= 0.3 is 0 Å². The molecule has 0 spiro atoms. The Balaban J connectivity index is 2.26. The van der Waals surface area contributed by atoms with Gasteiger partial charge in [0.05, 0.1) is 11.4 Å². The van der Waals surface area contributed by atoms with Gasteiger partial charge in [-0.2, -0.15) is 0 Å². The fourth-order valence-corrected chi connectivity index (χ4v) is 3.18. The second kappa shape index (κ2) is 5.10. The van der Waals surface area contributed by atoms with E-state index in [1.807, 2.05) is 0 Å². The monoisotopic (exact) mass is 304 g/mol. The summed E-state index contributed by atoms with van der Waals surface area (Å²) in [7, 11) is -3.71. The first-order chi connectivity index (χ1) is 9.17. The lowest BCUT2D eigenvalue weighted by atomic mass is 10.1. The van der Waals surface area contributed by atoms with Gasteiger partial charge < -0.3 is 4.90 Å². The number of anilines is 1. The van der Waals surface area contributed by atoms with E-state index in [0.717, 1.165) is 17.0 Å². The van der Waals surface area contributed by atoms with E-state index in [2.05, 4.69) is 0 Å². The molecule has 2 N–H and O–H groups in total. The minimum absolute atomic E-state index is 0.00862. The molecule has 2 rings (SSSR count). The Morgan fingerprint density at radius 2 is 2.00 bits per heavy atom. The molecular formula is C12H14F2N2O3S. The highest BCUT2D eigenvalue weighted by atomic mass is 32.2. The number of nitrogens with zero attached hydrogens (tertiary/aromatic N) is 1. The van der Waals surface area contributed by atoms with E-state index in [4.69, 9.17) is 5.14 Å². The Hall–Kier alpha value is -1.54. The van der Waals surface area contributed by atoms with Gasteiger partial charge in [-0.25, -0.2) is 22.3 Å². The Morgan fingerprint density at radius 1 is 1.35 bits per heavy atom. The van der Waals surface area contributed by atoms with Gasteiger partial charge in [0.25, 0.3) is 0 Å². The van der Waals surface area contributed by atoms with Crippen molar-refractivity contribution in [1.82, 2.24) is 0 Å². The van der Waals surface area contributed by atoms with Crippen LogP contribution >= 0.6 is 0 Å². The molecule has 1 amide bonds. The molecule has 1 unspecified atom stereocenters. The molecule has 5 nitrogen and oxygen atoms in total. The van der Waals surface area contributed by atoms with Crippen molar-refractivity contribution in [2.75, 3.05) is 17.2 Å². The molecule has 110 valence electrons. The number of amides is 1. The van der Waals surface area contributed by atoms with Crippen LogP contribution in [-0.2, 0) is 14.8 Å². The Bertz CT molecular complexity index is 661. The largest absolute Gasteiger partial charge is 0.309 e. The van der Waals surface area contributed by atoms with Crippen LogP contribution in [0.1, 0.15) is 12.0 Å². The first-order valence-corrected chi connectivity index (χ1v) is 7.65. The molecule has 8 heteroatoms. The van der Waals surface area contributed by atoms with Crippen molar-refractivity contribution in [2.24, 2.45) is 11.1 Å². The third kappa shape index (κ3) is 3.13. The summed E-state index contributed by atoms with van der Waals surface area (Å²) in [6.45, 7) is 1.42. The predicted molar refractivity (Wildman–Crippen MR) is 69.5 cm³/mol. The van der Waals surface area contributed by atoms with Crippen molar-refractivity contribution in [1.29, 1.82) is 0 Å². The summed E-state index contributed by atoms with van der Waals surface area (Å²) < 4.78 is 49.3. The number of carbonyl (C=O) groups is 1. The van der Waals surface area contributed by atoms with Gasteiger partial charge in [-0.05, 0) is 18.6 Å². The zero-order chi connectivity index (χ0) is 15.1. The van der Waals surface area contributed by atoms with E-state index < -0.39 is 33.5 Å². The minimum Gasteiger partial charge on any atom is -0.309 e. The van der Waals surface area contributed by atoms with Crippen molar-refractivity contribution in [3.63, 3.8) is 0 Å². The van der Waals surface area contributed by atoms with E-state index in [0.29, 0.717) is 0 Å². The maximum absolute atomic E-state index is 13.8. The van der Waals surface area contributed by atoms with Gasteiger partial charge in [0.2, 0.25) is 15.9 Å². The molecule has 0 saturated carbocycles. The number of halogens is 2. The average Bonchev–Trinajstić information content (AvgIpc) is 2.62. The van der Waals surface area contributed by atoms with Crippen molar-refractivity contribution in [3.05, 3.63) is 29.3 Å². The lowest BCUT2D eigenvalue weighted by molar-refractivity contribution is -0.117. The fourth-order valence-electron chi connectivity index (χ4n) is 2.30. The van der Waals surface area contributed by atoms with E-state index >= 15 is 0 Å². The number of benzene rings is 1. The molecular weight excluding hydrogens is 290 g/mol. The SMILES string of the molecule is Cc1cc(F)c(N2CC(CS(N)(=O)=O)CC2=O)cc1F. The quantitative estimate of drug-likeness (QED) is 0.901. The number of nitrogens with two attached hydrogens (primary N) is 1. The number of sulfonamides is 1. The Labute approximate surface area is 115 Å². The van der Waals surface area contributed by atoms with Crippen LogP contribution in [0.4, 0.5) is 14.5 Å². The second-order valence-corrected chi connectivity index (χ2v) is 6.62. The van der Waals surface area contributed by atoms with Crippen molar-refractivity contribution >= 4 is 21.6 Å². The number of primary sulfonamides is 1. The smallest absolute Gasteiger partial charge is 0.227 e. The molecule has 0 radical (unpaired) electrons. The molecule has 0 aliphatic carbocycles. The van der Waals surface area contributed by atoms with Crippen molar-refractivity contribution in [3.8, 4) is 0 Å². The van der Waals surface area contributed by atoms with E-state index in [9.17, 15) is 22.0 Å². The van der Waals surface area contributed by atoms with Crippen LogP contribution < -0.4 is 10.0 Å². The standard InChI is InChI=1S/C12H14F2N2O3S/c1-7-2-10(14)11(4-9(7)13)16-5-8(3-12(16)17)6-20(15,18)19/h2,4,8H,3,5-6H2,1H3,(H2,15,18,19). The van der Waals surface area contributed by atoms with Crippen LogP contribution in [0, 0.1) is 24.5 Å². The molecule has 1 saturated heterocycles. The van der Waals surface area contributed by atoms with Gasteiger partial charge in [0.15, 0.2) is 0 Å². The molecule has 0 bridgehead atoms. The maximum Gasteiger partial charge on any atom is 0.227 e. The highest BCUT2D eigenvalue weighted by Gasteiger charge is 2.34. The van der Waals surface area contributed by atoms with Crippen molar-refractivity contribution in [2.45, 2.75) is 13.3 Å². The average molecular weight is 304 g/mol. The zero-order valence-corrected chi connectivity index (χ0v) is 11.6. The van der Waals surface area contributed by atoms with Gasteiger partial charge in [-0.1, -0.05) is 0 Å². The summed E-state index contributed by atoms with van der Waals surface area (Å²) >= 11 is 0. The number of hydrogen-bond donors (Lipinski definition) is 1. The van der Waals surface area contributed by atoms with Gasteiger partial charge in [-0.3, -0.25) is 4.79 Å². The molecule has 1 aromatic carbocycles. The van der Waals surface area contributed by atoms with Crippen LogP contribution in [0.2, 0.25) is 0 Å². The number of hydrogen-bond acceptors (Lipinski definition) is 3. The van der Waals surface area contributed by atoms with Gasteiger partial charge in [0.1, 0.15) is 11.6 Å². The summed E-state index contributed by atoms with van der Waals surface area (Å²) in [5.41, 5.74) is -0.0333. The number of rotatable bonds is 3. The molecule has 1 fully saturated rings. The van der Waals surface area contributed by atoms with Crippen LogP contribution in [0.25, 0.3) is 0 Å². The summed E-state index contributed by atoms with van der Waals surface area (Å²) in [5, 5.41) is 4.93. The molecule has 0 aromatic heterocycles. The summed E-state index contributed by atoms with van der Waals surface area (Å²) in [5.74, 6) is -2.65. The normalized spacial score (nSPS) is 19.7. The number of aryl methyl sites for hydroxylation is 1. The molecule has 1 heterocycles. The topological polar surface area (TPSA) is 80.5 Å². The minimum atomic E-state index is -3.71. The maximum atomic E-state index is 13.8. The second-order valence-electron chi connectivity index (χ2n) is 4.96. The van der Waals surface area contributed by atoms with Crippen LogP contribution in [0.15, 0.2) is 12.1 Å². The van der Waals surface area contributed by atoms with Gasteiger partial charge in [0, 0.05) is 24.9 Å². The molecule has 1 aromatic rings. The summed E-state index contributed by atoms with van der Waals surface area (Å²) in [6, 6.07) is 1.95. The molecule has 1 aliphatic heterocycles. The summed E-state index contributed by atoms with van der Waals surface area (Å²) in [6.07, 6.45) is -0.0502. The third-order valence-electron chi connectivity index (χ3n) is 3.19. The van der Waals surface area contributed by atoms with E-state index in [1.54, 1.807) is 0 Å². The van der Waals surface area contributed by atoms with Crippen molar-refractivity contribution < 1.29 is 22.0 Å². The van der Waals surface area contributed by atoms with Crippen LogP contribution in [0.5, 0.6) is 0 Å². The first kappa shape index (κ1) is 14.9. The van der Waals surface area contributed by atoms with Crippen LogP contribution in [0.3, 0.4) is 0 Å². The lowest BCUT2D eigenvalue weighted by Crippen LogP contribution is -2.28. The highest BCUT2D eigenvalue weighted by molar-refractivity contribution is 7.89. The highest BCUT2D eigenvalue weighted by Crippen LogP contribution is 2.29. The summed E-state index contributed by atoms with van der Waals surface area (Å²) in [4.78, 5) is 12.9. The molecule has 20 heavy (non-hydrogen) atoms. The lowest BCUT2D eigenvalue weighted by Gasteiger charge is -2.18. The number of carbonyl (C=O) groups excluding carboxylic acids is 1. The first-order valence-electron chi connectivity index (χ1n) is 5.94. The van der Waals surface area contributed by atoms with E-state index in [-0.39, 0.29) is 30.0 Å². The Kier molecular flexibility index (Phi) is 3.79. The van der Waals surface area contributed by atoms with E-state index in [1.165, 1.54) is 6.92 Å². The third-order valence-corrected chi connectivity index (χ3v) is 4.13. The zero-order valence-electron chi connectivity index (χ0n) is 10.8. The molecule has 1 atom stereocenters. The molecule has 1 aliphatic rings. The Morgan fingerprint density at radius 3 is 2.60 bits per heavy atom. The predicted octanol–water partition coefficient (Wildman–Crippen LogP) is 0.915.